The Morgan fingerprint density at radius 3 is 2.04 bits per heavy atom. The van der Waals surface area contributed by atoms with Crippen LogP contribution in [0.4, 0.5) is 0 Å². The topological polar surface area (TPSA) is 25.8 Å². The molecule has 1 aromatic heterocycles. The van der Waals surface area contributed by atoms with Crippen molar-refractivity contribution >= 4 is 37.6 Å². The molecule has 0 aliphatic carbocycles. The van der Waals surface area contributed by atoms with Gasteiger partial charge < -0.3 is 0 Å². The van der Waals surface area contributed by atoms with Gasteiger partial charge in [-0.1, -0.05) is 88.7 Å². The normalized spacial score (nSPS) is 11.1. The SMILES string of the molecule is Brc1ccc(-c2nc(-c3ccccc3)c3ccccc3n2)c2ccccc12. The fraction of sp³-hybridized carbons (Fsp3) is 0. The van der Waals surface area contributed by atoms with Crippen molar-refractivity contribution in [2.75, 3.05) is 0 Å². The van der Waals surface area contributed by atoms with Gasteiger partial charge in [0.2, 0.25) is 0 Å². The Morgan fingerprint density at radius 1 is 0.556 bits per heavy atom. The van der Waals surface area contributed by atoms with Crippen LogP contribution in [-0.4, -0.2) is 9.97 Å². The van der Waals surface area contributed by atoms with Crippen molar-refractivity contribution in [2.24, 2.45) is 0 Å². The molecule has 0 spiro atoms. The Labute approximate surface area is 165 Å². The lowest BCUT2D eigenvalue weighted by molar-refractivity contribution is 1.23. The van der Waals surface area contributed by atoms with Gasteiger partial charge in [-0.25, -0.2) is 9.97 Å². The molecule has 0 fully saturated rings. The van der Waals surface area contributed by atoms with Gasteiger partial charge in [-0.3, -0.25) is 0 Å². The first kappa shape index (κ1) is 16.2. The summed E-state index contributed by atoms with van der Waals surface area (Å²) in [7, 11) is 0. The first-order valence-corrected chi connectivity index (χ1v) is 9.60. The van der Waals surface area contributed by atoms with Crippen LogP contribution >= 0.6 is 15.9 Å². The summed E-state index contributed by atoms with van der Waals surface area (Å²) < 4.78 is 1.07. The van der Waals surface area contributed by atoms with Gasteiger partial charge >= 0.3 is 0 Å². The molecule has 0 amide bonds. The lowest BCUT2D eigenvalue weighted by Gasteiger charge is -2.11. The first-order chi connectivity index (χ1) is 13.3. The Bertz CT molecular complexity index is 1280. The van der Waals surface area contributed by atoms with E-state index in [2.05, 4.69) is 64.5 Å². The molecule has 3 heteroatoms. The van der Waals surface area contributed by atoms with Crippen molar-refractivity contribution in [1.82, 2.24) is 9.97 Å². The predicted molar refractivity (Wildman–Crippen MR) is 116 cm³/mol. The molecular formula is C24H15BrN2. The minimum Gasteiger partial charge on any atom is -0.228 e. The van der Waals surface area contributed by atoms with E-state index in [1.807, 2.05) is 42.5 Å². The molecule has 0 bridgehead atoms. The number of hydrogen-bond donors (Lipinski definition) is 0. The van der Waals surface area contributed by atoms with Crippen LogP contribution in [0.3, 0.4) is 0 Å². The van der Waals surface area contributed by atoms with Gasteiger partial charge in [0.05, 0.1) is 11.2 Å². The first-order valence-electron chi connectivity index (χ1n) is 8.81. The largest absolute Gasteiger partial charge is 0.228 e. The zero-order valence-corrected chi connectivity index (χ0v) is 16.0. The number of halogens is 1. The second-order valence-corrected chi connectivity index (χ2v) is 7.27. The van der Waals surface area contributed by atoms with Crippen LogP contribution < -0.4 is 0 Å². The van der Waals surface area contributed by atoms with Gasteiger partial charge in [0.1, 0.15) is 0 Å². The fourth-order valence-electron chi connectivity index (χ4n) is 3.47. The molecule has 0 atom stereocenters. The molecule has 5 rings (SSSR count). The van der Waals surface area contributed by atoms with Gasteiger partial charge in [-0.05, 0) is 29.0 Å². The molecule has 0 radical (unpaired) electrons. The highest BCUT2D eigenvalue weighted by atomic mass is 79.9. The maximum absolute atomic E-state index is 4.99. The third-order valence-electron chi connectivity index (χ3n) is 4.76. The van der Waals surface area contributed by atoms with Gasteiger partial charge in [0, 0.05) is 21.0 Å². The van der Waals surface area contributed by atoms with E-state index in [-0.39, 0.29) is 0 Å². The van der Waals surface area contributed by atoms with Gasteiger partial charge in [-0.15, -0.1) is 0 Å². The van der Waals surface area contributed by atoms with Crippen LogP contribution in [-0.2, 0) is 0 Å². The third-order valence-corrected chi connectivity index (χ3v) is 5.45. The number of nitrogens with zero attached hydrogens (tertiary/aromatic N) is 2. The summed E-state index contributed by atoms with van der Waals surface area (Å²) in [5.41, 5.74) is 4.05. The van der Waals surface area contributed by atoms with Crippen molar-refractivity contribution in [3.63, 3.8) is 0 Å². The fourth-order valence-corrected chi connectivity index (χ4v) is 3.95. The van der Waals surface area contributed by atoms with Crippen molar-refractivity contribution in [3.05, 3.63) is 95.5 Å². The highest BCUT2D eigenvalue weighted by Gasteiger charge is 2.13. The lowest BCUT2D eigenvalue weighted by atomic mass is 10.0. The maximum atomic E-state index is 4.99. The molecule has 0 N–H and O–H groups in total. The number of para-hydroxylation sites is 1. The van der Waals surface area contributed by atoms with E-state index in [9.17, 15) is 0 Å². The minimum atomic E-state index is 0.747. The van der Waals surface area contributed by atoms with E-state index < -0.39 is 0 Å². The molecule has 0 unspecified atom stereocenters. The molecular weight excluding hydrogens is 396 g/mol. The summed E-state index contributed by atoms with van der Waals surface area (Å²) in [6.45, 7) is 0. The summed E-state index contributed by atoms with van der Waals surface area (Å²) in [4.78, 5) is 9.88. The van der Waals surface area contributed by atoms with E-state index >= 15 is 0 Å². The number of benzene rings is 4. The minimum absolute atomic E-state index is 0.747. The van der Waals surface area contributed by atoms with Crippen molar-refractivity contribution in [1.29, 1.82) is 0 Å². The van der Waals surface area contributed by atoms with E-state index in [0.29, 0.717) is 0 Å². The molecule has 0 aliphatic rings. The quantitative estimate of drug-likeness (QED) is 0.316. The molecule has 128 valence electrons. The summed E-state index contributed by atoms with van der Waals surface area (Å²) in [5, 5.41) is 3.36. The van der Waals surface area contributed by atoms with Crippen LogP contribution in [0.2, 0.25) is 0 Å². The van der Waals surface area contributed by atoms with Crippen molar-refractivity contribution in [3.8, 4) is 22.6 Å². The standard InChI is InChI=1S/C24H15BrN2/c25-21-15-14-19(17-10-4-5-11-18(17)21)24-26-22-13-7-6-12-20(22)23(27-24)16-8-2-1-3-9-16/h1-15H. The van der Waals surface area contributed by atoms with Crippen molar-refractivity contribution in [2.45, 2.75) is 0 Å². The van der Waals surface area contributed by atoms with Crippen LogP contribution in [0.25, 0.3) is 44.3 Å². The predicted octanol–water partition coefficient (Wildman–Crippen LogP) is 6.88. The third kappa shape index (κ3) is 2.81. The molecule has 0 saturated heterocycles. The monoisotopic (exact) mass is 410 g/mol. The molecule has 27 heavy (non-hydrogen) atoms. The average molecular weight is 411 g/mol. The Morgan fingerprint density at radius 2 is 1.22 bits per heavy atom. The van der Waals surface area contributed by atoms with Crippen LogP contribution in [0.5, 0.6) is 0 Å². The van der Waals surface area contributed by atoms with E-state index in [0.717, 1.165) is 48.8 Å². The van der Waals surface area contributed by atoms with Crippen LogP contribution in [0.1, 0.15) is 0 Å². The Hall–Kier alpha value is -3.04. The van der Waals surface area contributed by atoms with Crippen LogP contribution in [0, 0.1) is 0 Å². The van der Waals surface area contributed by atoms with E-state index in [1.165, 1.54) is 0 Å². The Balaban J connectivity index is 1.85. The molecule has 4 aromatic carbocycles. The molecule has 5 aromatic rings. The maximum Gasteiger partial charge on any atom is 0.161 e. The highest BCUT2D eigenvalue weighted by Crippen LogP contribution is 2.34. The van der Waals surface area contributed by atoms with Crippen LogP contribution in [0.15, 0.2) is 95.5 Å². The number of rotatable bonds is 2. The summed E-state index contributed by atoms with van der Waals surface area (Å²) in [6.07, 6.45) is 0. The zero-order valence-electron chi connectivity index (χ0n) is 14.4. The smallest absolute Gasteiger partial charge is 0.161 e. The average Bonchev–Trinajstić information content (AvgIpc) is 2.74. The zero-order chi connectivity index (χ0) is 18.2. The van der Waals surface area contributed by atoms with E-state index in [4.69, 9.17) is 9.97 Å². The van der Waals surface area contributed by atoms with E-state index in [1.54, 1.807) is 0 Å². The molecule has 2 nitrogen and oxygen atoms in total. The van der Waals surface area contributed by atoms with Gasteiger partial charge in [0.25, 0.3) is 0 Å². The molecule has 0 aliphatic heterocycles. The lowest BCUT2D eigenvalue weighted by Crippen LogP contribution is -1.95. The van der Waals surface area contributed by atoms with Crippen molar-refractivity contribution < 1.29 is 0 Å². The molecule has 0 saturated carbocycles. The second-order valence-electron chi connectivity index (χ2n) is 6.42. The highest BCUT2D eigenvalue weighted by molar-refractivity contribution is 9.10. The Kier molecular flexibility index (Phi) is 3.95. The van der Waals surface area contributed by atoms with Gasteiger partial charge in [-0.2, -0.15) is 0 Å². The number of fused-ring (bicyclic) bond motifs is 2. The second kappa shape index (κ2) is 6.60. The van der Waals surface area contributed by atoms with Gasteiger partial charge in [0.15, 0.2) is 5.82 Å². The number of hydrogen-bond acceptors (Lipinski definition) is 2. The molecule has 1 heterocycles. The summed E-state index contributed by atoms with van der Waals surface area (Å²) in [5.74, 6) is 0.747. The summed E-state index contributed by atoms with van der Waals surface area (Å²) >= 11 is 3.65. The summed E-state index contributed by atoms with van der Waals surface area (Å²) in [6, 6.07) is 31.0. The number of aromatic nitrogens is 2.